The maximum atomic E-state index is 13.8. The number of aryl methyl sites for hydroxylation is 1. The zero-order valence-corrected chi connectivity index (χ0v) is 23.7. The molecule has 0 unspecified atom stereocenters. The van der Waals surface area contributed by atoms with Gasteiger partial charge in [-0.3, -0.25) is 4.79 Å². The van der Waals surface area contributed by atoms with Gasteiger partial charge in [0, 0.05) is 18.8 Å². The molecule has 7 atom stereocenters. The van der Waals surface area contributed by atoms with Gasteiger partial charge < -0.3 is 24.6 Å². The van der Waals surface area contributed by atoms with Crippen LogP contribution in [0.1, 0.15) is 95.5 Å². The molecule has 3 aliphatic carbocycles. The van der Waals surface area contributed by atoms with Crippen molar-refractivity contribution in [2.45, 2.75) is 97.9 Å². The van der Waals surface area contributed by atoms with Crippen molar-refractivity contribution in [1.29, 1.82) is 0 Å². The number of aliphatic hydroxyl groups excluding tert-OH is 2. The lowest BCUT2D eigenvalue weighted by Gasteiger charge is -2.39. The molecule has 3 N–H and O–H groups in total. The fraction of sp³-hybridized carbons (Fsp3) is 0.700. The number of fused-ring (bicyclic) bond motifs is 5. The summed E-state index contributed by atoms with van der Waals surface area (Å²) in [5, 5.41) is 37.9. The maximum Gasteiger partial charge on any atom is 0.344 e. The molecule has 1 heterocycles. The van der Waals surface area contributed by atoms with Gasteiger partial charge in [0.15, 0.2) is 11.9 Å². The molecule has 4 rings (SSSR count). The van der Waals surface area contributed by atoms with Crippen molar-refractivity contribution in [2.24, 2.45) is 29.1 Å². The first-order valence-electron chi connectivity index (χ1n) is 13.9. The lowest BCUT2D eigenvalue weighted by molar-refractivity contribution is -0.148. The third-order valence-electron chi connectivity index (χ3n) is 9.21. The van der Waals surface area contributed by atoms with Crippen LogP contribution in [0.5, 0.6) is 0 Å². The Morgan fingerprint density at radius 2 is 2.00 bits per heavy atom. The quantitative estimate of drug-likeness (QED) is 0.383. The standard InChI is InChI=1S/C30H43NO7/c1-8-22-23(25(15(2)3)31-38-22)28(35)37-27-17(5)10-9-16(4)11-20-24(29(20,6)7)19-12-18(14-32)26(34)30(27,36)13-21(19)33/h10,12,15-16,19-20,24,26-27,32,34,36H,8-9,11,13-14H2,1-7H3/b17-10-/t16-,19+,20+,24-,26+,27-,30-/m0/s1. The highest BCUT2D eigenvalue weighted by molar-refractivity contribution is 5.92. The first kappa shape index (κ1) is 28.7. The Hall–Kier alpha value is -2.29. The highest BCUT2D eigenvalue weighted by atomic mass is 16.6. The van der Waals surface area contributed by atoms with E-state index >= 15 is 0 Å². The minimum absolute atomic E-state index is 0.0526. The minimum atomic E-state index is -2.16. The SMILES string of the molecule is CCc1onc(C(C)C)c1C(=O)O[C@H]1/C(C)=C\C[C@H](C)C[C@@H]2[C@H]([C@@H]3C=C(CO)[C@@H](O)[C@@]1(O)CC3=O)C2(C)C. The van der Waals surface area contributed by atoms with E-state index in [2.05, 4.69) is 25.9 Å². The van der Waals surface area contributed by atoms with Gasteiger partial charge >= 0.3 is 5.97 Å². The van der Waals surface area contributed by atoms with E-state index in [4.69, 9.17) is 9.26 Å². The smallest absolute Gasteiger partial charge is 0.344 e. The molecule has 38 heavy (non-hydrogen) atoms. The largest absolute Gasteiger partial charge is 0.451 e. The lowest BCUT2D eigenvalue weighted by atomic mass is 9.79. The Labute approximate surface area is 225 Å². The molecule has 0 aliphatic heterocycles. The number of carbonyl (C=O) groups excluding carboxylic acids is 2. The van der Waals surface area contributed by atoms with E-state index in [1.54, 1.807) is 13.0 Å². The van der Waals surface area contributed by atoms with Gasteiger partial charge in [0.2, 0.25) is 0 Å². The molecular weight excluding hydrogens is 486 g/mol. The molecule has 3 aliphatic rings. The van der Waals surface area contributed by atoms with Crippen LogP contribution in [0.4, 0.5) is 0 Å². The number of aliphatic hydroxyl groups is 3. The zero-order chi connectivity index (χ0) is 28.2. The molecule has 1 fully saturated rings. The van der Waals surface area contributed by atoms with E-state index in [0.717, 1.165) is 6.42 Å². The van der Waals surface area contributed by atoms with Crippen LogP contribution in [-0.4, -0.2) is 56.6 Å². The topological polar surface area (TPSA) is 130 Å². The van der Waals surface area contributed by atoms with Crippen LogP contribution in [0.15, 0.2) is 27.8 Å². The average molecular weight is 530 g/mol. The molecule has 0 spiro atoms. The third-order valence-corrected chi connectivity index (χ3v) is 9.21. The number of esters is 1. The number of nitrogens with zero attached hydrogens (tertiary/aromatic N) is 1. The molecule has 1 aromatic heterocycles. The van der Waals surface area contributed by atoms with Crippen LogP contribution in [-0.2, 0) is 16.0 Å². The maximum absolute atomic E-state index is 13.8. The average Bonchev–Trinajstić information content (AvgIpc) is 3.18. The summed E-state index contributed by atoms with van der Waals surface area (Å²) in [5.41, 5.74) is -0.842. The minimum Gasteiger partial charge on any atom is -0.451 e. The van der Waals surface area contributed by atoms with Crippen LogP contribution >= 0.6 is 0 Å². The van der Waals surface area contributed by atoms with Gasteiger partial charge in [0.1, 0.15) is 28.7 Å². The summed E-state index contributed by atoms with van der Waals surface area (Å²) < 4.78 is 11.4. The van der Waals surface area contributed by atoms with Crippen LogP contribution in [0.2, 0.25) is 0 Å². The number of hydrogen-bond donors (Lipinski definition) is 3. The highest BCUT2D eigenvalue weighted by Gasteiger charge is 2.63. The van der Waals surface area contributed by atoms with Gasteiger partial charge in [-0.05, 0) is 60.0 Å². The number of rotatable bonds is 5. The second kappa shape index (κ2) is 10.4. The monoisotopic (exact) mass is 529 g/mol. The summed E-state index contributed by atoms with van der Waals surface area (Å²) in [5.74, 6) is -0.530. The van der Waals surface area contributed by atoms with Gasteiger partial charge in [-0.15, -0.1) is 0 Å². The van der Waals surface area contributed by atoms with Crippen LogP contribution < -0.4 is 0 Å². The normalized spacial score (nSPS) is 36.3. The van der Waals surface area contributed by atoms with Crippen LogP contribution in [0, 0.1) is 29.1 Å². The molecule has 8 nitrogen and oxygen atoms in total. The van der Waals surface area contributed by atoms with E-state index < -0.39 is 42.7 Å². The first-order valence-corrected chi connectivity index (χ1v) is 13.9. The number of ether oxygens (including phenoxy) is 1. The van der Waals surface area contributed by atoms with Crippen molar-refractivity contribution >= 4 is 11.8 Å². The molecule has 210 valence electrons. The third kappa shape index (κ3) is 4.80. The Morgan fingerprint density at radius 3 is 2.61 bits per heavy atom. The molecule has 0 aromatic carbocycles. The molecule has 0 radical (unpaired) electrons. The van der Waals surface area contributed by atoms with Crippen molar-refractivity contribution in [1.82, 2.24) is 5.16 Å². The summed E-state index contributed by atoms with van der Waals surface area (Å²) >= 11 is 0. The number of carbonyl (C=O) groups is 2. The van der Waals surface area contributed by atoms with E-state index in [-0.39, 0.29) is 34.2 Å². The van der Waals surface area contributed by atoms with Gasteiger partial charge in [0.25, 0.3) is 0 Å². The van der Waals surface area contributed by atoms with E-state index in [9.17, 15) is 24.9 Å². The van der Waals surface area contributed by atoms with Crippen molar-refractivity contribution < 1.29 is 34.2 Å². The molecule has 1 saturated carbocycles. The molecule has 0 saturated heterocycles. The zero-order valence-electron chi connectivity index (χ0n) is 23.7. The van der Waals surface area contributed by atoms with E-state index in [0.29, 0.717) is 41.7 Å². The molecule has 8 heteroatoms. The fourth-order valence-electron chi connectivity index (χ4n) is 6.83. The van der Waals surface area contributed by atoms with Gasteiger partial charge in [0.05, 0.1) is 6.61 Å². The van der Waals surface area contributed by atoms with Crippen molar-refractivity contribution in [3.8, 4) is 0 Å². The van der Waals surface area contributed by atoms with Crippen molar-refractivity contribution in [3.63, 3.8) is 0 Å². The summed E-state index contributed by atoms with van der Waals surface area (Å²) in [4.78, 5) is 27.4. The summed E-state index contributed by atoms with van der Waals surface area (Å²) in [6.07, 6.45) is 2.33. The van der Waals surface area contributed by atoms with Crippen LogP contribution in [0.25, 0.3) is 0 Å². The Kier molecular flexibility index (Phi) is 7.83. The second-order valence-corrected chi connectivity index (χ2v) is 12.6. The molecule has 2 bridgehead atoms. The predicted molar refractivity (Wildman–Crippen MR) is 141 cm³/mol. The first-order chi connectivity index (χ1) is 17.8. The van der Waals surface area contributed by atoms with Gasteiger partial charge in [-0.2, -0.15) is 0 Å². The number of ketones is 1. The number of allylic oxidation sites excluding steroid dienone is 2. The molecule has 0 amide bonds. The molecule has 1 aromatic rings. The predicted octanol–water partition coefficient (Wildman–Crippen LogP) is 4.13. The van der Waals surface area contributed by atoms with Crippen molar-refractivity contribution in [3.05, 3.63) is 40.3 Å². The Bertz CT molecular complexity index is 1150. The number of aromatic nitrogens is 1. The fourth-order valence-corrected chi connectivity index (χ4v) is 6.83. The van der Waals surface area contributed by atoms with Crippen molar-refractivity contribution in [2.75, 3.05) is 6.61 Å². The number of hydrogen-bond acceptors (Lipinski definition) is 8. The number of Topliss-reactive ketones (excluding diaryl/α,β-unsaturated/α-hetero) is 1. The van der Waals surface area contributed by atoms with Gasteiger partial charge in [-0.25, -0.2) is 4.79 Å². The van der Waals surface area contributed by atoms with E-state index in [1.807, 2.05) is 26.8 Å². The summed E-state index contributed by atoms with van der Waals surface area (Å²) in [6, 6.07) is 0. The Morgan fingerprint density at radius 1 is 1.32 bits per heavy atom. The van der Waals surface area contributed by atoms with Crippen LogP contribution in [0.3, 0.4) is 0 Å². The highest BCUT2D eigenvalue weighted by Crippen LogP contribution is 2.65. The Balaban J connectivity index is 1.82. The van der Waals surface area contributed by atoms with Gasteiger partial charge in [-0.1, -0.05) is 58.9 Å². The summed E-state index contributed by atoms with van der Waals surface area (Å²) in [6.45, 7) is 13.3. The lowest BCUT2D eigenvalue weighted by Crippen LogP contribution is -2.56. The molecular formula is C30H43NO7. The summed E-state index contributed by atoms with van der Waals surface area (Å²) in [7, 11) is 0. The second-order valence-electron chi connectivity index (χ2n) is 12.6. The van der Waals surface area contributed by atoms with E-state index in [1.165, 1.54) is 0 Å².